The number of nitrogens with one attached hydrogen (secondary N) is 2. The van der Waals surface area contributed by atoms with Crippen LogP contribution in [-0.2, 0) is 57.2 Å². The number of aromatic nitrogens is 2. The summed E-state index contributed by atoms with van der Waals surface area (Å²) in [5, 5.41) is 16.7. The molecule has 0 atom stereocenters. The van der Waals surface area contributed by atoms with Crippen LogP contribution >= 0.6 is 34.5 Å². The predicted molar refractivity (Wildman–Crippen MR) is 247 cm³/mol. The average Bonchev–Trinajstić information content (AvgIpc) is 4.14. The fraction of sp³-hybridized carbons (Fsp3) is 0.333. The van der Waals surface area contributed by atoms with Crippen molar-refractivity contribution in [2.75, 3.05) is 92.6 Å². The van der Waals surface area contributed by atoms with Crippen LogP contribution in [0.4, 0.5) is 0 Å². The van der Waals surface area contributed by atoms with Gasteiger partial charge in [-0.2, -0.15) is 41.8 Å². The molecule has 7 heterocycles. The summed E-state index contributed by atoms with van der Waals surface area (Å²) in [7, 11) is -2.78. The van der Waals surface area contributed by atoms with Crippen LogP contribution in [-0.4, -0.2) is 150 Å². The normalized spacial score (nSPS) is 17.0. The number of likely N-dealkylation sites (N-methyl/N-ethyl adjacent to an activating group) is 2. The molecule has 4 aliphatic rings. The summed E-state index contributed by atoms with van der Waals surface area (Å²) in [5.74, 6) is 2.21. The standard InChI is InChI=1S/2C12H13ClN3O2S.C10H11N2.C8H9N2S.2V/c2*13-10-1-2-11-9(7-10)8-12(15-11)19(17,18)16-5-3-14-4-6-16;1-12-8-7-11-10(12)9-5-3-2-4-6-9;1-10-4-3-9-8(10)7-2-5-11-6-7;;/h2*1-2,7-8,15H,3-6H2;3-6H,7-8H2,1H3;2,6H,3-4H2,1H3;;/q4*-1;2*+2. The molecule has 63 heavy (non-hydrogen) atoms. The molecule has 10 rings (SSSR count). The molecule has 4 aliphatic heterocycles. The number of thiophene rings is 1. The van der Waals surface area contributed by atoms with Gasteiger partial charge in [-0.25, -0.2) is 25.4 Å². The van der Waals surface area contributed by atoms with E-state index in [0.29, 0.717) is 62.4 Å². The molecular weight excluding hydrogens is 978 g/mol. The Labute approximate surface area is 407 Å². The second-order valence-electron chi connectivity index (χ2n) is 14.4. The third-order valence-corrected chi connectivity index (χ3v) is 14.9. The van der Waals surface area contributed by atoms with Crippen LogP contribution in [0.3, 0.4) is 0 Å². The first-order valence-electron chi connectivity index (χ1n) is 19.7. The fourth-order valence-electron chi connectivity index (χ4n) is 6.94. The van der Waals surface area contributed by atoms with E-state index in [1.807, 2.05) is 30.3 Å². The summed E-state index contributed by atoms with van der Waals surface area (Å²) in [4.78, 5) is 19.0. The number of hydrogen-bond acceptors (Lipinski definition) is 9. The Morgan fingerprint density at radius 2 is 1.08 bits per heavy atom. The molecule has 0 spiro atoms. The van der Waals surface area contributed by atoms with Gasteiger partial charge in [-0.1, -0.05) is 28.8 Å². The number of rotatable bonds is 6. The quantitative estimate of drug-likeness (QED) is 0.174. The molecule has 2 saturated heterocycles. The summed E-state index contributed by atoms with van der Waals surface area (Å²) in [6.07, 6.45) is 0. The maximum absolute atomic E-state index is 12.5. The van der Waals surface area contributed by atoms with Gasteiger partial charge in [-0.15, -0.1) is 37.1 Å². The second kappa shape index (κ2) is 23.4. The van der Waals surface area contributed by atoms with Crippen molar-refractivity contribution in [1.29, 1.82) is 0 Å². The topological polar surface area (TPSA) is 166 Å². The van der Waals surface area contributed by atoms with Gasteiger partial charge in [0.15, 0.2) is 0 Å². The third kappa shape index (κ3) is 12.8. The number of aromatic amines is 2. The van der Waals surface area contributed by atoms with Gasteiger partial charge >= 0.3 is 37.1 Å². The number of sulfonamides is 2. The summed E-state index contributed by atoms with van der Waals surface area (Å²) >= 11 is 13.4. The van der Waals surface area contributed by atoms with Crippen LogP contribution < -0.4 is 0 Å². The van der Waals surface area contributed by atoms with Crippen LogP contribution in [0.5, 0.6) is 0 Å². The van der Waals surface area contributed by atoms with E-state index in [1.54, 1.807) is 59.9 Å². The van der Waals surface area contributed by atoms with Crippen molar-refractivity contribution in [1.82, 2.24) is 28.4 Å². The maximum atomic E-state index is 12.5. The minimum atomic E-state index is -3.46. The number of fused-ring (bicyclic) bond motifs is 2. The first kappa shape index (κ1) is 50.9. The molecule has 3 aromatic heterocycles. The van der Waals surface area contributed by atoms with Gasteiger partial charge in [-0.3, -0.25) is 9.98 Å². The van der Waals surface area contributed by atoms with Gasteiger partial charge in [0.2, 0.25) is 0 Å². The van der Waals surface area contributed by atoms with Gasteiger partial charge in [0.25, 0.3) is 20.0 Å². The molecule has 0 bridgehead atoms. The Hall–Kier alpha value is -3.13. The largest absolute Gasteiger partial charge is 2.00 e. The maximum Gasteiger partial charge on any atom is 2.00 e. The Bertz CT molecular complexity index is 2570. The molecule has 21 heteroatoms. The van der Waals surface area contributed by atoms with Crippen molar-refractivity contribution in [2.45, 2.75) is 10.1 Å². The Balaban J connectivity index is 0.000000161. The van der Waals surface area contributed by atoms with E-state index in [9.17, 15) is 16.8 Å². The van der Waals surface area contributed by atoms with E-state index in [0.717, 1.165) is 59.7 Å². The molecule has 6 aromatic rings. The van der Waals surface area contributed by atoms with E-state index < -0.39 is 20.0 Å². The molecule has 0 saturated carbocycles. The third-order valence-electron chi connectivity index (χ3n) is 10.2. The van der Waals surface area contributed by atoms with Crippen LogP contribution in [0.1, 0.15) is 11.1 Å². The van der Waals surface area contributed by atoms with E-state index in [4.69, 9.17) is 23.2 Å². The molecule has 2 radical (unpaired) electrons. The number of nitrogens with zero attached hydrogens (tertiary/aromatic N) is 8. The summed E-state index contributed by atoms with van der Waals surface area (Å²) in [6, 6.07) is 26.7. The Kier molecular flexibility index (Phi) is 18.9. The van der Waals surface area contributed by atoms with Crippen LogP contribution in [0.25, 0.3) is 32.4 Å². The minimum Gasteiger partial charge on any atom is -0.660 e. The number of H-pyrrole nitrogens is 2. The molecule has 0 amide bonds. The van der Waals surface area contributed by atoms with Crippen molar-refractivity contribution < 1.29 is 53.9 Å². The molecule has 3 aromatic carbocycles. The number of aliphatic imine (C=N–C) groups is 2. The first-order valence-corrected chi connectivity index (χ1v) is 24.2. The second-order valence-corrected chi connectivity index (χ2v) is 19.8. The van der Waals surface area contributed by atoms with Crippen molar-refractivity contribution in [3.63, 3.8) is 0 Å². The molecular formula is C42H46Cl2N10O4S3V2. The monoisotopic (exact) mass is 1020 g/mol. The van der Waals surface area contributed by atoms with Crippen molar-refractivity contribution in [3.05, 3.63) is 127 Å². The SMILES string of the molecule is CN1CCN=C1c1c[c-]sc1.CN1CCN=C1c1cc[c-]cc1.O=S(=O)(c1cc2cc(Cl)ccc2[nH]1)N1CC[N-]CC1.O=S(=O)(c1cc2cc(Cl)ccc2[nH]1)N1CC[N-]CC1.[V+2].[V+2]. The zero-order valence-electron chi connectivity index (χ0n) is 34.7. The number of halogens is 2. The molecule has 2 N–H and O–H groups in total. The zero-order valence-corrected chi connectivity index (χ0v) is 41.4. The van der Waals surface area contributed by atoms with Crippen molar-refractivity contribution >= 4 is 88.1 Å². The fourth-order valence-corrected chi connectivity index (χ4v) is 10.7. The van der Waals surface area contributed by atoms with Crippen LogP contribution in [0.2, 0.25) is 10.0 Å². The van der Waals surface area contributed by atoms with E-state index in [1.165, 1.54) is 19.7 Å². The van der Waals surface area contributed by atoms with Gasteiger partial charge in [0, 0.05) is 59.0 Å². The van der Waals surface area contributed by atoms with Crippen molar-refractivity contribution in [3.8, 4) is 0 Å². The van der Waals surface area contributed by atoms with Crippen LogP contribution in [0, 0.1) is 11.4 Å². The van der Waals surface area contributed by atoms with Gasteiger partial charge in [0.05, 0.1) is 18.9 Å². The van der Waals surface area contributed by atoms with Gasteiger partial charge < -0.3 is 41.7 Å². The molecule has 330 valence electrons. The predicted octanol–water partition coefficient (Wildman–Crippen LogP) is 6.81. The molecule has 0 aliphatic carbocycles. The Morgan fingerprint density at radius 1 is 0.635 bits per heavy atom. The minimum absolute atomic E-state index is 0. The first-order chi connectivity index (χ1) is 29.4. The van der Waals surface area contributed by atoms with E-state index in [-0.39, 0.29) is 47.2 Å². The summed E-state index contributed by atoms with van der Waals surface area (Å²) < 4.78 is 52.8. The number of benzene rings is 3. The summed E-state index contributed by atoms with van der Waals surface area (Å²) in [6.45, 7) is 7.95. The van der Waals surface area contributed by atoms with E-state index in [2.05, 4.69) is 71.3 Å². The smallest absolute Gasteiger partial charge is 0.660 e. The number of piperazine rings is 2. The summed E-state index contributed by atoms with van der Waals surface area (Å²) in [5.41, 5.74) is 3.93. The number of hydrogen-bond donors (Lipinski definition) is 2. The van der Waals surface area contributed by atoms with E-state index >= 15 is 0 Å². The zero-order chi connectivity index (χ0) is 43.0. The van der Waals surface area contributed by atoms with Gasteiger partial charge in [0.1, 0.15) is 15.9 Å². The van der Waals surface area contributed by atoms with Gasteiger partial charge in [-0.05, 0) is 74.7 Å². The Morgan fingerprint density at radius 3 is 1.48 bits per heavy atom. The van der Waals surface area contributed by atoms with Crippen LogP contribution in [0.15, 0.2) is 104 Å². The molecule has 14 nitrogen and oxygen atoms in total. The molecule has 2 fully saturated rings. The van der Waals surface area contributed by atoms with Crippen molar-refractivity contribution in [2.24, 2.45) is 9.98 Å². The molecule has 0 unspecified atom stereocenters. The average molecular weight is 1020 g/mol. The number of amidine groups is 2.